The number of hydrogen-bond donors (Lipinski definition) is 1. The molecule has 1 fully saturated rings. The van der Waals surface area contributed by atoms with Crippen LogP contribution in [0.2, 0.25) is 0 Å². The number of nitrogens with zero attached hydrogens (tertiary/aromatic N) is 3. The summed E-state index contributed by atoms with van der Waals surface area (Å²) in [6.07, 6.45) is 1.18. The van der Waals surface area contributed by atoms with Gasteiger partial charge < -0.3 is 15.5 Å². The zero-order chi connectivity index (χ0) is 13.1. The Morgan fingerprint density at radius 3 is 2.89 bits per heavy atom. The highest BCUT2D eigenvalue weighted by Crippen LogP contribution is 2.22. The van der Waals surface area contributed by atoms with Gasteiger partial charge in [0.25, 0.3) is 0 Å². The first-order valence-corrected chi connectivity index (χ1v) is 6.73. The van der Waals surface area contributed by atoms with E-state index >= 15 is 0 Å². The van der Waals surface area contributed by atoms with Crippen LogP contribution in [0.25, 0.3) is 0 Å². The van der Waals surface area contributed by atoms with E-state index in [0.717, 1.165) is 36.7 Å². The van der Waals surface area contributed by atoms with Crippen molar-refractivity contribution >= 4 is 5.82 Å². The predicted octanol–water partition coefficient (Wildman–Crippen LogP) is 1.38. The van der Waals surface area contributed by atoms with Crippen molar-refractivity contribution in [3.63, 3.8) is 0 Å². The van der Waals surface area contributed by atoms with Crippen LogP contribution in [0.4, 0.5) is 5.82 Å². The molecule has 0 radical (unpaired) electrons. The first-order chi connectivity index (χ1) is 8.61. The van der Waals surface area contributed by atoms with Crippen LogP contribution in [0.15, 0.2) is 12.1 Å². The Bertz CT molecular complexity index is 405. The third kappa shape index (κ3) is 2.82. The van der Waals surface area contributed by atoms with Crippen molar-refractivity contribution in [1.82, 2.24) is 9.88 Å². The van der Waals surface area contributed by atoms with Crippen molar-refractivity contribution in [3.8, 4) is 0 Å². The van der Waals surface area contributed by atoms with E-state index in [1.807, 2.05) is 13.0 Å². The highest BCUT2D eigenvalue weighted by atomic mass is 15.3. The maximum atomic E-state index is 5.84. The quantitative estimate of drug-likeness (QED) is 0.859. The van der Waals surface area contributed by atoms with Crippen molar-refractivity contribution in [2.45, 2.75) is 32.9 Å². The Kier molecular flexibility index (Phi) is 4.19. The molecule has 4 heteroatoms. The minimum absolute atomic E-state index is 0.483. The summed E-state index contributed by atoms with van der Waals surface area (Å²) in [5.41, 5.74) is 8.05. The summed E-state index contributed by atoms with van der Waals surface area (Å²) in [6, 6.07) is 4.64. The van der Waals surface area contributed by atoms with Crippen LogP contribution in [0, 0.1) is 6.92 Å². The fraction of sp³-hybridized carbons (Fsp3) is 0.643. The molecule has 2 rings (SSSR count). The summed E-state index contributed by atoms with van der Waals surface area (Å²) < 4.78 is 0. The fourth-order valence-corrected chi connectivity index (χ4v) is 2.67. The maximum Gasteiger partial charge on any atom is 0.133 e. The Balaban J connectivity index is 2.31. The number of aromatic nitrogens is 1. The summed E-state index contributed by atoms with van der Waals surface area (Å²) in [4.78, 5) is 9.52. The standard InChI is InChI=1S/C14H24N4/c1-11-5-6-13(9-15)14(16-11)18-8-4-7-17(3)10-12(18)2/h5-6,12H,4,7-10,15H2,1-3H3. The molecule has 1 aliphatic rings. The molecular formula is C14H24N4. The SMILES string of the molecule is Cc1ccc(CN)c(N2CCCN(C)CC2C)n1. The Hall–Kier alpha value is -1.13. The molecule has 1 aromatic heterocycles. The third-order valence-electron chi connectivity index (χ3n) is 3.63. The summed E-state index contributed by atoms with van der Waals surface area (Å²) in [6.45, 7) is 8.17. The van der Waals surface area contributed by atoms with E-state index in [-0.39, 0.29) is 0 Å². The van der Waals surface area contributed by atoms with Crippen molar-refractivity contribution in [1.29, 1.82) is 0 Å². The smallest absolute Gasteiger partial charge is 0.133 e. The molecule has 0 aliphatic carbocycles. The predicted molar refractivity (Wildman–Crippen MR) is 75.8 cm³/mol. The lowest BCUT2D eigenvalue weighted by Crippen LogP contribution is -2.39. The molecular weight excluding hydrogens is 224 g/mol. The van der Waals surface area contributed by atoms with E-state index in [1.165, 1.54) is 6.42 Å². The van der Waals surface area contributed by atoms with Crippen LogP contribution in [-0.2, 0) is 6.54 Å². The lowest BCUT2D eigenvalue weighted by atomic mass is 10.2. The number of aryl methyl sites for hydroxylation is 1. The van der Waals surface area contributed by atoms with Gasteiger partial charge in [-0.3, -0.25) is 0 Å². The van der Waals surface area contributed by atoms with Gasteiger partial charge >= 0.3 is 0 Å². The van der Waals surface area contributed by atoms with Gasteiger partial charge in [0.05, 0.1) is 0 Å². The van der Waals surface area contributed by atoms with Crippen molar-refractivity contribution in [2.24, 2.45) is 5.73 Å². The van der Waals surface area contributed by atoms with Gasteiger partial charge in [-0.05, 0) is 39.9 Å². The second-order valence-electron chi connectivity index (χ2n) is 5.30. The van der Waals surface area contributed by atoms with Crippen LogP contribution in [-0.4, -0.2) is 42.6 Å². The van der Waals surface area contributed by atoms with Crippen LogP contribution in [0.3, 0.4) is 0 Å². The second-order valence-corrected chi connectivity index (χ2v) is 5.30. The molecule has 4 nitrogen and oxygen atoms in total. The summed E-state index contributed by atoms with van der Waals surface area (Å²) in [5.74, 6) is 1.08. The minimum Gasteiger partial charge on any atom is -0.352 e. The van der Waals surface area contributed by atoms with E-state index < -0.39 is 0 Å². The lowest BCUT2D eigenvalue weighted by Gasteiger charge is -2.30. The van der Waals surface area contributed by atoms with Crippen LogP contribution >= 0.6 is 0 Å². The van der Waals surface area contributed by atoms with Crippen LogP contribution in [0.1, 0.15) is 24.6 Å². The van der Waals surface area contributed by atoms with E-state index in [0.29, 0.717) is 12.6 Å². The molecule has 0 saturated carbocycles. The molecule has 1 aromatic rings. The molecule has 18 heavy (non-hydrogen) atoms. The average Bonchev–Trinajstić information content (AvgIpc) is 2.50. The number of hydrogen-bond acceptors (Lipinski definition) is 4. The Morgan fingerprint density at radius 1 is 1.39 bits per heavy atom. The monoisotopic (exact) mass is 248 g/mol. The molecule has 2 N–H and O–H groups in total. The van der Waals surface area contributed by atoms with Crippen molar-refractivity contribution in [2.75, 3.05) is 31.6 Å². The zero-order valence-electron chi connectivity index (χ0n) is 11.7. The van der Waals surface area contributed by atoms with Crippen molar-refractivity contribution < 1.29 is 0 Å². The Labute approximate surface area is 110 Å². The van der Waals surface area contributed by atoms with Gasteiger partial charge in [0.2, 0.25) is 0 Å². The fourth-order valence-electron chi connectivity index (χ4n) is 2.67. The first kappa shape index (κ1) is 13.3. The summed E-state index contributed by atoms with van der Waals surface area (Å²) in [7, 11) is 2.19. The molecule has 0 aromatic carbocycles. The van der Waals surface area contributed by atoms with Crippen molar-refractivity contribution in [3.05, 3.63) is 23.4 Å². The molecule has 0 spiro atoms. The van der Waals surface area contributed by atoms with Gasteiger partial charge in [-0.15, -0.1) is 0 Å². The van der Waals surface area contributed by atoms with Gasteiger partial charge in [0.15, 0.2) is 0 Å². The largest absolute Gasteiger partial charge is 0.352 e. The zero-order valence-corrected chi connectivity index (χ0v) is 11.7. The van der Waals surface area contributed by atoms with Crippen LogP contribution in [0.5, 0.6) is 0 Å². The molecule has 1 saturated heterocycles. The molecule has 0 bridgehead atoms. The van der Waals surface area contributed by atoms with E-state index in [9.17, 15) is 0 Å². The summed E-state index contributed by atoms with van der Waals surface area (Å²) in [5, 5.41) is 0. The van der Waals surface area contributed by atoms with Crippen LogP contribution < -0.4 is 10.6 Å². The molecule has 0 amide bonds. The lowest BCUT2D eigenvalue weighted by molar-refractivity contribution is 0.337. The van der Waals surface area contributed by atoms with E-state index in [1.54, 1.807) is 0 Å². The number of anilines is 1. The highest BCUT2D eigenvalue weighted by molar-refractivity contribution is 5.49. The second kappa shape index (κ2) is 5.67. The molecule has 1 unspecified atom stereocenters. The number of nitrogens with two attached hydrogens (primary N) is 1. The molecule has 100 valence electrons. The first-order valence-electron chi connectivity index (χ1n) is 6.73. The number of rotatable bonds is 2. The average molecular weight is 248 g/mol. The van der Waals surface area contributed by atoms with E-state index in [2.05, 4.69) is 29.8 Å². The molecule has 1 aliphatic heterocycles. The Morgan fingerprint density at radius 2 is 2.17 bits per heavy atom. The summed E-state index contributed by atoms with van der Waals surface area (Å²) >= 11 is 0. The minimum atomic E-state index is 0.483. The number of pyridine rings is 1. The molecule has 2 heterocycles. The van der Waals surface area contributed by atoms with Gasteiger partial charge in [0.1, 0.15) is 5.82 Å². The highest BCUT2D eigenvalue weighted by Gasteiger charge is 2.22. The topological polar surface area (TPSA) is 45.4 Å². The number of likely N-dealkylation sites (N-methyl/N-ethyl adjacent to an activating group) is 1. The normalized spacial score (nSPS) is 22.0. The van der Waals surface area contributed by atoms with Gasteiger partial charge in [-0.2, -0.15) is 0 Å². The van der Waals surface area contributed by atoms with Gasteiger partial charge in [0, 0.05) is 36.9 Å². The van der Waals surface area contributed by atoms with E-state index in [4.69, 9.17) is 10.7 Å². The molecule has 1 atom stereocenters. The van der Waals surface area contributed by atoms with Gasteiger partial charge in [-0.25, -0.2) is 4.98 Å². The maximum absolute atomic E-state index is 5.84. The third-order valence-corrected chi connectivity index (χ3v) is 3.63. The van der Waals surface area contributed by atoms with Gasteiger partial charge in [-0.1, -0.05) is 6.07 Å².